The van der Waals surface area contributed by atoms with Crippen molar-refractivity contribution in [3.05, 3.63) is 28.6 Å². The molecule has 1 aromatic carbocycles. The van der Waals surface area contributed by atoms with E-state index >= 15 is 0 Å². The molecule has 4 heteroatoms. The average molecular weight is 288 g/mol. The average Bonchev–Trinajstić information content (AvgIpc) is 3.06. The highest BCUT2D eigenvalue weighted by Crippen LogP contribution is 2.36. The molecule has 0 radical (unpaired) electrons. The summed E-state index contributed by atoms with van der Waals surface area (Å²) in [6.07, 6.45) is 4.69. The second-order valence-electron chi connectivity index (χ2n) is 5.70. The molecule has 1 heterocycles. The lowest BCUT2D eigenvalue weighted by Crippen LogP contribution is -2.35. The molecule has 0 bridgehead atoms. The van der Waals surface area contributed by atoms with Gasteiger partial charge in [-0.2, -0.15) is 0 Å². The zero-order valence-electron chi connectivity index (χ0n) is 12.0. The summed E-state index contributed by atoms with van der Waals surface area (Å²) in [5.74, 6) is 0.0771. The quantitative estimate of drug-likeness (QED) is 0.913. The first-order valence-electron chi connectivity index (χ1n) is 7.13. The number of fused-ring (bicyclic) bond motifs is 1. The number of aryl methyl sites for hydroxylation is 1. The Balaban J connectivity index is 1.96. The van der Waals surface area contributed by atoms with Gasteiger partial charge in [0.1, 0.15) is 4.88 Å². The predicted octanol–water partition coefficient (Wildman–Crippen LogP) is 3.81. The van der Waals surface area contributed by atoms with Crippen molar-refractivity contribution < 1.29 is 4.79 Å². The minimum atomic E-state index is 0.0771. The number of carbonyl (C=O) groups excluding carboxylic acids is 1. The Morgan fingerprint density at radius 2 is 2.05 bits per heavy atom. The lowest BCUT2D eigenvalue weighted by molar-refractivity contribution is 0.0741. The highest BCUT2D eigenvalue weighted by Gasteiger charge is 2.27. The highest BCUT2D eigenvalue weighted by atomic mass is 32.1. The first kappa shape index (κ1) is 13.4. The van der Waals surface area contributed by atoms with Gasteiger partial charge in [0.2, 0.25) is 0 Å². The monoisotopic (exact) mass is 288 g/mol. The van der Waals surface area contributed by atoms with Gasteiger partial charge in [0, 0.05) is 23.2 Å². The van der Waals surface area contributed by atoms with Crippen LogP contribution in [0.3, 0.4) is 0 Å². The fraction of sp³-hybridized carbons (Fsp3) is 0.438. The van der Waals surface area contributed by atoms with Gasteiger partial charge in [-0.1, -0.05) is 24.5 Å². The molecule has 1 aliphatic carbocycles. The number of nitrogen functional groups attached to an aromatic ring is 1. The molecule has 2 aromatic rings. The third-order valence-corrected chi connectivity index (χ3v) is 5.44. The standard InChI is InChI=1S/C16H20N2OS/c1-10-7-8-13-12(9-10)14(17)15(20-13)16(19)18(2)11-5-3-4-6-11/h7-9,11H,3-6,17H2,1-2H3. The number of nitrogens with zero attached hydrogens (tertiary/aromatic N) is 1. The Morgan fingerprint density at radius 3 is 2.75 bits per heavy atom. The van der Waals surface area contributed by atoms with Crippen LogP contribution >= 0.6 is 11.3 Å². The maximum Gasteiger partial charge on any atom is 0.266 e. The Labute approximate surface area is 123 Å². The highest BCUT2D eigenvalue weighted by molar-refractivity contribution is 7.21. The Hall–Kier alpha value is -1.55. The van der Waals surface area contributed by atoms with Gasteiger partial charge in [0.25, 0.3) is 5.91 Å². The van der Waals surface area contributed by atoms with Crippen molar-refractivity contribution in [3.63, 3.8) is 0 Å². The van der Waals surface area contributed by atoms with Crippen LogP contribution in [0.2, 0.25) is 0 Å². The molecule has 106 valence electrons. The first-order chi connectivity index (χ1) is 9.58. The fourth-order valence-electron chi connectivity index (χ4n) is 3.01. The van der Waals surface area contributed by atoms with Gasteiger partial charge >= 0.3 is 0 Å². The number of hydrogen-bond acceptors (Lipinski definition) is 3. The zero-order valence-corrected chi connectivity index (χ0v) is 12.8. The second-order valence-corrected chi connectivity index (χ2v) is 6.75. The van der Waals surface area contributed by atoms with Crippen LogP contribution in [-0.2, 0) is 0 Å². The van der Waals surface area contributed by atoms with Crippen molar-refractivity contribution in [2.45, 2.75) is 38.6 Å². The predicted molar refractivity (Wildman–Crippen MR) is 85.3 cm³/mol. The van der Waals surface area contributed by atoms with Crippen LogP contribution in [-0.4, -0.2) is 23.9 Å². The van der Waals surface area contributed by atoms with Gasteiger partial charge in [-0.15, -0.1) is 11.3 Å². The molecule has 3 nitrogen and oxygen atoms in total. The molecule has 1 saturated carbocycles. The van der Waals surface area contributed by atoms with Crippen LogP contribution in [0.5, 0.6) is 0 Å². The lowest BCUT2D eigenvalue weighted by Gasteiger charge is -2.23. The molecule has 1 fully saturated rings. The maximum absolute atomic E-state index is 12.7. The summed E-state index contributed by atoms with van der Waals surface area (Å²) >= 11 is 1.51. The SMILES string of the molecule is Cc1ccc2sc(C(=O)N(C)C3CCCC3)c(N)c2c1. The summed E-state index contributed by atoms with van der Waals surface area (Å²) in [5.41, 5.74) is 8.02. The Bertz CT molecular complexity index is 656. The molecule has 1 aliphatic rings. The lowest BCUT2D eigenvalue weighted by atomic mass is 10.1. The molecule has 0 saturated heterocycles. The Kier molecular flexibility index (Phi) is 3.42. The summed E-state index contributed by atoms with van der Waals surface area (Å²) in [6.45, 7) is 2.04. The number of amides is 1. The topological polar surface area (TPSA) is 46.3 Å². The zero-order chi connectivity index (χ0) is 14.3. The van der Waals surface area contributed by atoms with Crippen molar-refractivity contribution in [3.8, 4) is 0 Å². The van der Waals surface area contributed by atoms with Gasteiger partial charge in [-0.3, -0.25) is 4.79 Å². The van der Waals surface area contributed by atoms with Gasteiger partial charge in [0.15, 0.2) is 0 Å². The van der Waals surface area contributed by atoms with E-state index in [1.807, 2.05) is 18.9 Å². The van der Waals surface area contributed by atoms with E-state index < -0.39 is 0 Å². The third kappa shape index (κ3) is 2.18. The van der Waals surface area contributed by atoms with E-state index in [0.717, 1.165) is 22.9 Å². The maximum atomic E-state index is 12.7. The van der Waals surface area contributed by atoms with Crippen LogP contribution < -0.4 is 5.73 Å². The molecule has 0 unspecified atom stereocenters. The van der Waals surface area contributed by atoms with Gasteiger partial charge in [-0.25, -0.2) is 0 Å². The van der Waals surface area contributed by atoms with Crippen molar-refractivity contribution in [1.82, 2.24) is 4.90 Å². The molecule has 0 spiro atoms. The van der Waals surface area contributed by atoms with Crippen LogP contribution in [0.4, 0.5) is 5.69 Å². The second kappa shape index (κ2) is 5.09. The van der Waals surface area contributed by atoms with Crippen molar-refractivity contribution in [2.75, 3.05) is 12.8 Å². The van der Waals surface area contributed by atoms with Gasteiger partial charge < -0.3 is 10.6 Å². The third-order valence-electron chi connectivity index (χ3n) is 4.27. The summed E-state index contributed by atoms with van der Waals surface area (Å²) in [6, 6.07) is 6.56. The van der Waals surface area contributed by atoms with Gasteiger partial charge in [-0.05, 0) is 31.9 Å². The number of benzene rings is 1. The molecule has 1 amide bonds. The van der Waals surface area contributed by atoms with E-state index in [1.54, 1.807) is 0 Å². The molecular weight excluding hydrogens is 268 g/mol. The summed E-state index contributed by atoms with van der Waals surface area (Å²) in [7, 11) is 1.91. The first-order valence-corrected chi connectivity index (χ1v) is 7.95. The van der Waals surface area contributed by atoms with Crippen LogP contribution in [0.25, 0.3) is 10.1 Å². The fourth-order valence-corrected chi connectivity index (χ4v) is 4.09. The minimum Gasteiger partial charge on any atom is -0.397 e. The summed E-state index contributed by atoms with van der Waals surface area (Å²) in [5, 5.41) is 1.01. The van der Waals surface area contributed by atoms with Crippen LogP contribution in [0, 0.1) is 6.92 Å². The number of rotatable bonds is 2. The molecule has 1 aromatic heterocycles. The van der Waals surface area contributed by atoms with E-state index in [2.05, 4.69) is 18.2 Å². The van der Waals surface area contributed by atoms with Crippen LogP contribution in [0.1, 0.15) is 40.9 Å². The van der Waals surface area contributed by atoms with E-state index in [-0.39, 0.29) is 5.91 Å². The molecule has 0 aliphatic heterocycles. The minimum absolute atomic E-state index is 0.0771. The number of thiophene rings is 1. The van der Waals surface area contributed by atoms with Crippen molar-refractivity contribution >= 4 is 33.0 Å². The molecule has 2 N–H and O–H groups in total. The van der Waals surface area contributed by atoms with Crippen molar-refractivity contribution in [2.24, 2.45) is 0 Å². The van der Waals surface area contributed by atoms with Crippen molar-refractivity contribution in [1.29, 1.82) is 0 Å². The molecule has 3 rings (SSSR count). The van der Waals surface area contributed by atoms with E-state index in [1.165, 1.54) is 29.7 Å². The van der Waals surface area contributed by atoms with E-state index in [0.29, 0.717) is 16.6 Å². The number of carbonyl (C=O) groups is 1. The normalized spacial score (nSPS) is 15.9. The number of anilines is 1. The molecular formula is C16H20N2OS. The smallest absolute Gasteiger partial charge is 0.266 e. The molecule has 20 heavy (non-hydrogen) atoms. The Morgan fingerprint density at radius 1 is 1.35 bits per heavy atom. The largest absolute Gasteiger partial charge is 0.397 e. The summed E-state index contributed by atoms with van der Waals surface area (Å²) in [4.78, 5) is 15.2. The van der Waals surface area contributed by atoms with E-state index in [4.69, 9.17) is 5.73 Å². The van der Waals surface area contributed by atoms with E-state index in [9.17, 15) is 4.79 Å². The number of hydrogen-bond donors (Lipinski definition) is 1. The summed E-state index contributed by atoms with van der Waals surface area (Å²) < 4.78 is 1.09. The van der Waals surface area contributed by atoms with Gasteiger partial charge in [0.05, 0.1) is 5.69 Å². The number of nitrogens with two attached hydrogens (primary N) is 1. The van der Waals surface area contributed by atoms with Crippen LogP contribution in [0.15, 0.2) is 18.2 Å². The molecule has 0 atom stereocenters.